The van der Waals surface area contributed by atoms with Crippen LogP contribution in [0.15, 0.2) is 0 Å². The average molecular weight is 214 g/mol. The molecule has 0 unspecified atom stereocenters. The highest BCUT2D eigenvalue weighted by atomic mass is 16.5. The van der Waals surface area contributed by atoms with Crippen LogP contribution in [0.1, 0.15) is 19.8 Å². The number of hydrogen-bond acceptors (Lipinski definition) is 3. The van der Waals surface area contributed by atoms with E-state index >= 15 is 0 Å². The molecule has 1 fully saturated rings. The van der Waals surface area contributed by atoms with Gasteiger partial charge in [-0.1, -0.05) is 6.92 Å². The number of piperidine rings is 1. The van der Waals surface area contributed by atoms with Gasteiger partial charge in [0.25, 0.3) is 0 Å². The van der Waals surface area contributed by atoms with Crippen LogP contribution in [0, 0.1) is 5.92 Å². The molecular formula is C11H22N2O2. The number of nitrogens with one attached hydrogen (secondary N) is 1. The Balaban J connectivity index is 2.15. The molecule has 0 bridgehead atoms. The van der Waals surface area contributed by atoms with Crippen LogP contribution in [0.5, 0.6) is 0 Å². The first-order chi connectivity index (χ1) is 7.24. The van der Waals surface area contributed by atoms with Crippen LogP contribution in [-0.2, 0) is 9.53 Å². The molecule has 0 spiro atoms. The first-order valence-electron chi connectivity index (χ1n) is 5.71. The van der Waals surface area contributed by atoms with Crippen molar-refractivity contribution in [2.45, 2.75) is 19.8 Å². The quantitative estimate of drug-likeness (QED) is 0.677. The topological polar surface area (TPSA) is 41.6 Å². The monoisotopic (exact) mass is 214 g/mol. The molecule has 1 saturated heterocycles. The average Bonchev–Trinajstić information content (AvgIpc) is 2.24. The lowest BCUT2D eigenvalue weighted by molar-refractivity contribution is -0.131. The number of methoxy groups -OCH3 is 1. The molecule has 0 aromatic rings. The van der Waals surface area contributed by atoms with E-state index in [0.717, 1.165) is 26.1 Å². The Morgan fingerprint density at radius 1 is 1.60 bits per heavy atom. The summed E-state index contributed by atoms with van der Waals surface area (Å²) in [6, 6.07) is 0. The molecule has 1 aliphatic rings. The summed E-state index contributed by atoms with van der Waals surface area (Å²) in [6.07, 6.45) is 2.39. The van der Waals surface area contributed by atoms with E-state index in [0.29, 0.717) is 19.1 Å². The zero-order chi connectivity index (χ0) is 11.1. The van der Waals surface area contributed by atoms with Gasteiger partial charge < -0.3 is 15.0 Å². The fraction of sp³-hybridized carbons (Fsp3) is 0.909. The maximum atomic E-state index is 11.7. The molecule has 1 N–H and O–H groups in total. The lowest BCUT2D eigenvalue weighted by atomic mass is 10.0. The second kappa shape index (κ2) is 6.80. The molecule has 15 heavy (non-hydrogen) atoms. The molecule has 88 valence electrons. The molecule has 0 radical (unpaired) electrons. The number of amides is 1. The van der Waals surface area contributed by atoms with Crippen molar-refractivity contribution in [1.29, 1.82) is 0 Å². The van der Waals surface area contributed by atoms with Gasteiger partial charge >= 0.3 is 0 Å². The predicted octanol–water partition coefficient (Wildman–Crippen LogP) is 0.481. The minimum atomic E-state index is 0.220. The van der Waals surface area contributed by atoms with Crippen molar-refractivity contribution in [3.05, 3.63) is 0 Å². The standard InChI is InChI=1S/C11H22N2O2/c1-10-4-3-6-13(9-10)11(14)8-12-5-7-15-2/h10,12H,3-9H2,1-2H3/t10-/m1/s1. The highest BCUT2D eigenvalue weighted by molar-refractivity contribution is 5.78. The SMILES string of the molecule is COCCNCC(=O)N1CCC[C@@H](C)C1. The molecule has 1 heterocycles. The van der Waals surface area contributed by atoms with Gasteiger partial charge in [-0.05, 0) is 18.8 Å². The van der Waals surface area contributed by atoms with Gasteiger partial charge in [-0.25, -0.2) is 0 Å². The van der Waals surface area contributed by atoms with E-state index in [1.54, 1.807) is 7.11 Å². The van der Waals surface area contributed by atoms with Crippen molar-refractivity contribution in [3.8, 4) is 0 Å². The van der Waals surface area contributed by atoms with Crippen LogP contribution >= 0.6 is 0 Å². The van der Waals surface area contributed by atoms with E-state index in [4.69, 9.17) is 4.74 Å². The molecule has 1 atom stereocenters. The largest absolute Gasteiger partial charge is 0.383 e. The number of carbonyl (C=O) groups is 1. The summed E-state index contributed by atoms with van der Waals surface area (Å²) in [5.41, 5.74) is 0. The van der Waals surface area contributed by atoms with E-state index in [2.05, 4.69) is 12.2 Å². The van der Waals surface area contributed by atoms with Crippen LogP contribution in [0.25, 0.3) is 0 Å². The fourth-order valence-electron chi connectivity index (χ4n) is 1.90. The molecule has 1 aliphatic heterocycles. The Morgan fingerprint density at radius 2 is 2.40 bits per heavy atom. The van der Waals surface area contributed by atoms with Gasteiger partial charge in [0, 0.05) is 26.7 Å². The molecule has 0 aliphatic carbocycles. The van der Waals surface area contributed by atoms with Crippen molar-refractivity contribution in [3.63, 3.8) is 0 Å². The highest BCUT2D eigenvalue weighted by Gasteiger charge is 2.19. The molecule has 0 aromatic heterocycles. The molecule has 1 amide bonds. The molecule has 0 saturated carbocycles. The summed E-state index contributed by atoms with van der Waals surface area (Å²) in [6.45, 7) is 5.89. The van der Waals surface area contributed by atoms with E-state index in [1.807, 2.05) is 4.90 Å². The van der Waals surface area contributed by atoms with Gasteiger partial charge in [-0.3, -0.25) is 4.79 Å². The van der Waals surface area contributed by atoms with E-state index in [1.165, 1.54) is 6.42 Å². The number of ether oxygens (including phenoxy) is 1. The summed E-state index contributed by atoms with van der Waals surface area (Å²) in [5, 5.41) is 3.08. The van der Waals surface area contributed by atoms with Crippen LogP contribution in [0.2, 0.25) is 0 Å². The first kappa shape index (κ1) is 12.5. The number of carbonyl (C=O) groups excluding carboxylic acids is 1. The summed E-state index contributed by atoms with van der Waals surface area (Å²) >= 11 is 0. The van der Waals surface area contributed by atoms with Gasteiger partial charge in [-0.2, -0.15) is 0 Å². The van der Waals surface area contributed by atoms with E-state index in [9.17, 15) is 4.79 Å². The van der Waals surface area contributed by atoms with Crippen molar-refractivity contribution >= 4 is 5.91 Å². The maximum Gasteiger partial charge on any atom is 0.236 e. The van der Waals surface area contributed by atoms with Crippen LogP contribution < -0.4 is 5.32 Å². The smallest absolute Gasteiger partial charge is 0.236 e. The second-order valence-corrected chi connectivity index (χ2v) is 4.26. The third-order valence-corrected chi connectivity index (χ3v) is 2.77. The molecule has 1 rings (SSSR count). The number of nitrogens with zero attached hydrogens (tertiary/aromatic N) is 1. The minimum Gasteiger partial charge on any atom is -0.383 e. The van der Waals surface area contributed by atoms with Gasteiger partial charge in [0.05, 0.1) is 13.2 Å². The van der Waals surface area contributed by atoms with Crippen molar-refractivity contribution in [1.82, 2.24) is 10.2 Å². The third kappa shape index (κ3) is 4.62. The van der Waals surface area contributed by atoms with Crippen LogP contribution in [-0.4, -0.2) is 50.7 Å². The number of rotatable bonds is 5. The Labute approximate surface area is 92.0 Å². The summed E-state index contributed by atoms with van der Waals surface area (Å²) in [5.74, 6) is 0.874. The summed E-state index contributed by atoms with van der Waals surface area (Å²) in [4.78, 5) is 13.7. The zero-order valence-electron chi connectivity index (χ0n) is 9.79. The second-order valence-electron chi connectivity index (χ2n) is 4.26. The Hall–Kier alpha value is -0.610. The lowest BCUT2D eigenvalue weighted by Crippen LogP contribution is -2.43. The van der Waals surface area contributed by atoms with Crippen LogP contribution in [0.3, 0.4) is 0 Å². The van der Waals surface area contributed by atoms with Crippen molar-refractivity contribution in [2.75, 3.05) is 39.9 Å². The van der Waals surface area contributed by atoms with Gasteiger partial charge in [0.2, 0.25) is 5.91 Å². The van der Waals surface area contributed by atoms with Crippen molar-refractivity contribution in [2.24, 2.45) is 5.92 Å². The van der Waals surface area contributed by atoms with Gasteiger partial charge in [0.1, 0.15) is 0 Å². The number of likely N-dealkylation sites (tertiary alicyclic amines) is 1. The summed E-state index contributed by atoms with van der Waals surface area (Å²) < 4.78 is 4.90. The van der Waals surface area contributed by atoms with Crippen LogP contribution in [0.4, 0.5) is 0 Å². The molecular weight excluding hydrogens is 192 g/mol. The Bertz CT molecular complexity index is 197. The molecule has 4 heteroatoms. The highest BCUT2D eigenvalue weighted by Crippen LogP contribution is 2.14. The summed E-state index contributed by atoms with van der Waals surface area (Å²) in [7, 11) is 1.66. The zero-order valence-corrected chi connectivity index (χ0v) is 9.79. The Morgan fingerprint density at radius 3 is 3.07 bits per heavy atom. The normalized spacial score (nSPS) is 21.7. The van der Waals surface area contributed by atoms with E-state index in [-0.39, 0.29) is 5.91 Å². The van der Waals surface area contributed by atoms with Gasteiger partial charge in [-0.15, -0.1) is 0 Å². The predicted molar refractivity (Wildman–Crippen MR) is 59.7 cm³/mol. The maximum absolute atomic E-state index is 11.7. The van der Waals surface area contributed by atoms with E-state index < -0.39 is 0 Å². The molecule has 0 aromatic carbocycles. The lowest BCUT2D eigenvalue weighted by Gasteiger charge is -2.31. The minimum absolute atomic E-state index is 0.220. The number of hydrogen-bond donors (Lipinski definition) is 1. The molecule has 4 nitrogen and oxygen atoms in total. The Kier molecular flexibility index (Phi) is 5.65. The fourth-order valence-corrected chi connectivity index (χ4v) is 1.90. The third-order valence-electron chi connectivity index (χ3n) is 2.77. The van der Waals surface area contributed by atoms with Crippen molar-refractivity contribution < 1.29 is 9.53 Å². The van der Waals surface area contributed by atoms with Gasteiger partial charge in [0.15, 0.2) is 0 Å². The first-order valence-corrected chi connectivity index (χ1v) is 5.71.